The van der Waals surface area contributed by atoms with Crippen molar-refractivity contribution < 1.29 is 0 Å². The molecule has 19 heavy (non-hydrogen) atoms. The van der Waals surface area contributed by atoms with Crippen LogP contribution >= 0.6 is 11.8 Å². The van der Waals surface area contributed by atoms with Crippen LogP contribution in [0.25, 0.3) is 0 Å². The van der Waals surface area contributed by atoms with Crippen LogP contribution in [0.3, 0.4) is 0 Å². The predicted octanol–water partition coefficient (Wildman–Crippen LogP) is 4.07. The molecular weight excluding hydrogens is 252 g/mol. The molecule has 104 valence electrons. The van der Waals surface area contributed by atoms with E-state index in [0.717, 1.165) is 25.1 Å². The maximum atomic E-state index is 9.19. The first kappa shape index (κ1) is 16.1. The zero-order valence-corrected chi connectivity index (χ0v) is 13.2. The minimum atomic E-state index is -0.377. The molecule has 0 aromatic heterocycles. The molecular formula is C16H24N2S. The summed E-state index contributed by atoms with van der Waals surface area (Å²) in [6.45, 7) is 9.15. The van der Waals surface area contributed by atoms with Crippen LogP contribution in [0.15, 0.2) is 23.1 Å². The summed E-state index contributed by atoms with van der Waals surface area (Å²) in [7, 11) is 0. The second-order valence-electron chi connectivity index (χ2n) is 5.20. The van der Waals surface area contributed by atoms with Gasteiger partial charge in [0.15, 0.2) is 0 Å². The summed E-state index contributed by atoms with van der Waals surface area (Å²) in [6, 6.07) is 8.96. The van der Waals surface area contributed by atoms with E-state index in [4.69, 9.17) is 0 Å². The predicted molar refractivity (Wildman–Crippen MR) is 83.6 cm³/mol. The van der Waals surface area contributed by atoms with Gasteiger partial charge in [0.1, 0.15) is 5.54 Å². The maximum absolute atomic E-state index is 9.19. The largest absolute Gasteiger partial charge is 0.300 e. The summed E-state index contributed by atoms with van der Waals surface area (Å²) in [4.78, 5) is 1.35. The van der Waals surface area contributed by atoms with Gasteiger partial charge in [-0.15, -0.1) is 11.8 Å². The lowest BCUT2D eigenvalue weighted by Crippen LogP contribution is -2.40. The van der Waals surface area contributed by atoms with Gasteiger partial charge in [0, 0.05) is 4.90 Å². The van der Waals surface area contributed by atoms with Crippen LogP contribution in [0.5, 0.6) is 0 Å². The number of hydrogen-bond donors (Lipinski definition) is 1. The topological polar surface area (TPSA) is 35.8 Å². The molecule has 1 N–H and O–H groups in total. The minimum absolute atomic E-state index is 0.377. The van der Waals surface area contributed by atoms with E-state index in [1.807, 2.05) is 25.6 Å². The Morgan fingerprint density at radius 1 is 1.37 bits per heavy atom. The molecule has 1 rings (SSSR count). The second kappa shape index (κ2) is 7.57. The Bertz CT molecular complexity index is 451. The average Bonchev–Trinajstić information content (AvgIpc) is 2.37. The Hall–Kier alpha value is -0.980. The van der Waals surface area contributed by atoms with Crippen molar-refractivity contribution in [3.63, 3.8) is 0 Å². The number of rotatable bonds is 7. The highest BCUT2D eigenvalue weighted by atomic mass is 32.2. The molecule has 0 bridgehead atoms. The van der Waals surface area contributed by atoms with Crippen molar-refractivity contribution in [2.24, 2.45) is 0 Å². The molecule has 0 saturated carbocycles. The zero-order valence-electron chi connectivity index (χ0n) is 12.4. The molecule has 0 radical (unpaired) electrons. The van der Waals surface area contributed by atoms with E-state index < -0.39 is 0 Å². The highest BCUT2D eigenvalue weighted by Crippen LogP contribution is 2.25. The Kier molecular flexibility index (Phi) is 6.41. The first-order valence-electron chi connectivity index (χ1n) is 6.87. The van der Waals surface area contributed by atoms with Crippen LogP contribution in [0.1, 0.15) is 37.8 Å². The van der Waals surface area contributed by atoms with Gasteiger partial charge in [0.05, 0.1) is 6.07 Å². The SMILES string of the molecule is CCNC(C)(C#N)CCCSc1ccc(C)cc1C. The number of hydrogen-bond acceptors (Lipinski definition) is 3. The number of nitriles is 1. The summed E-state index contributed by atoms with van der Waals surface area (Å²) in [5.74, 6) is 1.06. The van der Waals surface area contributed by atoms with Gasteiger partial charge in [-0.05, 0) is 57.5 Å². The van der Waals surface area contributed by atoms with E-state index in [-0.39, 0.29) is 5.54 Å². The van der Waals surface area contributed by atoms with Crippen LogP contribution in [-0.2, 0) is 0 Å². The number of benzene rings is 1. The third-order valence-electron chi connectivity index (χ3n) is 3.22. The normalized spacial score (nSPS) is 13.8. The lowest BCUT2D eigenvalue weighted by Gasteiger charge is -2.22. The molecule has 0 aliphatic rings. The lowest BCUT2D eigenvalue weighted by molar-refractivity contribution is 0.426. The van der Waals surface area contributed by atoms with Gasteiger partial charge in [-0.1, -0.05) is 24.6 Å². The van der Waals surface area contributed by atoms with Gasteiger partial charge in [0.25, 0.3) is 0 Å². The van der Waals surface area contributed by atoms with Gasteiger partial charge in [-0.2, -0.15) is 5.26 Å². The zero-order chi connectivity index (χ0) is 14.3. The molecule has 0 aliphatic carbocycles. The Balaban J connectivity index is 2.41. The average molecular weight is 276 g/mol. The fraction of sp³-hybridized carbons (Fsp3) is 0.562. The summed E-state index contributed by atoms with van der Waals surface area (Å²) >= 11 is 1.89. The van der Waals surface area contributed by atoms with E-state index in [1.165, 1.54) is 16.0 Å². The second-order valence-corrected chi connectivity index (χ2v) is 6.33. The monoisotopic (exact) mass is 276 g/mol. The Morgan fingerprint density at radius 3 is 2.68 bits per heavy atom. The third-order valence-corrected chi connectivity index (χ3v) is 4.48. The number of nitrogens with zero attached hydrogens (tertiary/aromatic N) is 1. The molecule has 0 spiro atoms. The summed E-state index contributed by atoms with van der Waals surface area (Å²) < 4.78 is 0. The fourth-order valence-corrected chi connectivity index (χ4v) is 3.10. The summed E-state index contributed by atoms with van der Waals surface area (Å²) in [5, 5.41) is 12.4. The number of thioether (sulfide) groups is 1. The standard InChI is InChI=1S/C16H24N2S/c1-5-18-16(4,12-17)9-6-10-19-15-8-7-13(2)11-14(15)3/h7-8,11,18H,5-6,9-10H2,1-4H3. The summed E-state index contributed by atoms with van der Waals surface area (Å²) in [6.07, 6.45) is 1.95. The number of aryl methyl sites for hydroxylation is 2. The molecule has 1 aromatic rings. The Morgan fingerprint density at radius 2 is 2.11 bits per heavy atom. The van der Waals surface area contributed by atoms with Gasteiger partial charge in [-0.3, -0.25) is 5.32 Å². The van der Waals surface area contributed by atoms with Gasteiger partial charge < -0.3 is 0 Å². The van der Waals surface area contributed by atoms with Crippen LogP contribution < -0.4 is 5.32 Å². The quantitative estimate of drug-likeness (QED) is 0.602. The number of nitrogens with one attached hydrogen (secondary N) is 1. The minimum Gasteiger partial charge on any atom is -0.300 e. The molecule has 0 amide bonds. The van der Waals surface area contributed by atoms with Crippen LogP contribution in [0.4, 0.5) is 0 Å². The highest BCUT2D eigenvalue weighted by Gasteiger charge is 2.21. The van der Waals surface area contributed by atoms with Crippen molar-refractivity contribution in [3.05, 3.63) is 29.3 Å². The van der Waals surface area contributed by atoms with Crippen LogP contribution in [0.2, 0.25) is 0 Å². The van der Waals surface area contributed by atoms with Crippen LogP contribution in [-0.4, -0.2) is 17.8 Å². The van der Waals surface area contributed by atoms with Crippen molar-refractivity contribution in [2.75, 3.05) is 12.3 Å². The van der Waals surface area contributed by atoms with E-state index in [1.54, 1.807) is 0 Å². The molecule has 2 nitrogen and oxygen atoms in total. The van der Waals surface area contributed by atoms with Crippen molar-refractivity contribution >= 4 is 11.8 Å². The Labute approximate surface area is 121 Å². The molecule has 0 heterocycles. The van der Waals surface area contributed by atoms with Gasteiger partial charge in [0.2, 0.25) is 0 Å². The van der Waals surface area contributed by atoms with Gasteiger partial charge >= 0.3 is 0 Å². The van der Waals surface area contributed by atoms with E-state index in [9.17, 15) is 5.26 Å². The first-order chi connectivity index (χ1) is 9.00. The smallest absolute Gasteiger partial charge is 0.103 e. The lowest BCUT2D eigenvalue weighted by atomic mass is 9.98. The molecule has 0 saturated heterocycles. The van der Waals surface area contributed by atoms with E-state index >= 15 is 0 Å². The van der Waals surface area contributed by atoms with Crippen LogP contribution in [0, 0.1) is 25.2 Å². The van der Waals surface area contributed by atoms with Crippen molar-refractivity contribution in [2.45, 2.75) is 51.0 Å². The molecule has 3 heteroatoms. The first-order valence-corrected chi connectivity index (χ1v) is 7.85. The van der Waals surface area contributed by atoms with Crippen molar-refractivity contribution in [3.8, 4) is 6.07 Å². The highest BCUT2D eigenvalue weighted by molar-refractivity contribution is 7.99. The van der Waals surface area contributed by atoms with Gasteiger partial charge in [-0.25, -0.2) is 0 Å². The van der Waals surface area contributed by atoms with E-state index in [0.29, 0.717) is 0 Å². The van der Waals surface area contributed by atoms with Crippen molar-refractivity contribution in [1.82, 2.24) is 5.32 Å². The molecule has 0 aliphatic heterocycles. The molecule has 1 atom stereocenters. The maximum Gasteiger partial charge on any atom is 0.103 e. The molecule has 1 aromatic carbocycles. The molecule has 0 fully saturated rings. The van der Waals surface area contributed by atoms with Crippen molar-refractivity contribution in [1.29, 1.82) is 5.26 Å². The fourth-order valence-electron chi connectivity index (χ4n) is 2.14. The summed E-state index contributed by atoms with van der Waals surface area (Å²) in [5.41, 5.74) is 2.28. The van der Waals surface area contributed by atoms with E-state index in [2.05, 4.69) is 43.4 Å². The molecule has 1 unspecified atom stereocenters. The third kappa shape index (κ3) is 5.26.